The van der Waals surface area contributed by atoms with E-state index in [4.69, 9.17) is 4.74 Å². The summed E-state index contributed by atoms with van der Waals surface area (Å²) in [6.45, 7) is 5.41. The van der Waals surface area contributed by atoms with Crippen LogP contribution in [0.15, 0.2) is 47.3 Å². The molecular weight excluding hydrogens is 422 g/mol. The number of likely N-dealkylation sites (tertiary alicyclic amines) is 1. The minimum Gasteiger partial charge on any atom is -0.360 e. The van der Waals surface area contributed by atoms with E-state index in [9.17, 15) is 14.4 Å². The number of aryl methyl sites for hydroxylation is 1. The average Bonchev–Trinajstić information content (AvgIpc) is 3.53. The topological polar surface area (TPSA) is 97.9 Å². The lowest BCUT2D eigenvalue weighted by molar-refractivity contribution is -0.137. The van der Waals surface area contributed by atoms with Crippen LogP contribution in [0.1, 0.15) is 12.5 Å². The second-order valence-electron chi connectivity index (χ2n) is 9.09. The highest BCUT2D eigenvalue weighted by Gasteiger charge is 2.66. The van der Waals surface area contributed by atoms with E-state index in [1.54, 1.807) is 9.30 Å². The Kier molecular flexibility index (Phi) is 4.29. The maximum absolute atomic E-state index is 13.1. The van der Waals surface area contributed by atoms with Gasteiger partial charge in [-0.3, -0.25) is 9.59 Å². The molecule has 0 aliphatic carbocycles. The molecule has 1 spiro atoms. The van der Waals surface area contributed by atoms with Crippen molar-refractivity contribution in [2.45, 2.75) is 32.1 Å². The molecule has 33 heavy (non-hydrogen) atoms. The van der Waals surface area contributed by atoms with Crippen LogP contribution in [-0.4, -0.2) is 62.2 Å². The molecule has 2 saturated heterocycles. The van der Waals surface area contributed by atoms with Gasteiger partial charge in [0.2, 0.25) is 11.8 Å². The highest BCUT2D eigenvalue weighted by atomic mass is 16.5. The lowest BCUT2D eigenvalue weighted by Gasteiger charge is -2.23. The minimum atomic E-state index is -0.684. The Morgan fingerprint density at radius 2 is 2.12 bits per heavy atom. The molecule has 2 bridgehead atoms. The Morgan fingerprint density at radius 3 is 2.94 bits per heavy atom. The SMILES string of the molecule is CCN1CC23C=CC(O2)C(C(=O)NCCn2nc4c(C)cc5ccccc5n4c2=O)C3C1=O. The molecule has 2 amide bonds. The van der Waals surface area contributed by atoms with E-state index in [-0.39, 0.29) is 36.7 Å². The number of hydrogen-bond donors (Lipinski definition) is 1. The molecule has 5 heterocycles. The van der Waals surface area contributed by atoms with E-state index in [0.29, 0.717) is 18.7 Å². The highest BCUT2D eigenvalue weighted by Crippen LogP contribution is 2.51. The van der Waals surface area contributed by atoms with Crippen LogP contribution in [-0.2, 0) is 20.9 Å². The molecule has 4 unspecified atom stereocenters. The van der Waals surface area contributed by atoms with Crippen LogP contribution in [0.5, 0.6) is 0 Å². The average molecular weight is 447 g/mol. The van der Waals surface area contributed by atoms with Gasteiger partial charge in [0.05, 0.1) is 36.5 Å². The van der Waals surface area contributed by atoms with E-state index in [1.165, 1.54) is 4.68 Å². The second kappa shape index (κ2) is 7.02. The van der Waals surface area contributed by atoms with Gasteiger partial charge in [-0.2, -0.15) is 0 Å². The molecule has 170 valence electrons. The number of pyridine rings is 1. The fraction of sp³-hybridized carbons (Fsp3) is 0.417. The molecule has 3 aromatic rings. The summed E-state index contributed by atoms with van der Waals surface area (Å²) in [5, 5.41) is 8.38. The Balaban J connectivity index is 1.21. The molecular formula is C24H25N5O4. The normalized spacial score (nSPS) is 27.8. The molecule has 4 atom stereocenters. The number of amides is 2. The van der Waals surface area contributed by atoms with Gasteiger partial charge in [-0.05, 0) is 36.9 Å². The third-order valence-electron chi connectivity index (χ3n) is 7.23. The number of rotatable bonds is 5. The lowest BCUT2D eigenvalue weighted by atomic mass is 9.77. The Bertz CT molecular complexity index is 1410. The summed E-state index contributed by atoms with van der Waals surface area (Å²) in [5.41, 5.74) is 1.39. The maximum atomic E-state index is 13.1. The van der Waals surface area contributed by atoms with E-state index >= 15 is 0 Å². The number of ether oxygens (including phenoxy) is 1. The van der Waals surface area contributed by atoms with Crippen molar-refractivity contribution in [3.8, 4) is 0 Å². The molecule has 1 N–H and O–H groups in total. The van der Waals surface area contributed by atoms with Gasteiger partial charge in [0, 0.05) is 13.1 Å². The van der Waals surface area contributed by atoms with Gasteiger partial charge in [0.25, 0.3) is 0 Å². The number of carbonyl (C=O) groups excluding carboxylic acids is 2. The van der Waals surface area contributed by atoms with Gasteiger partial charge < -0.3 is 15.0 Å². The van der Waals surface area contributed by atoms with Crippen molar-refractivity contribution in [2.75, 3.05) is 19.6 Å². The summed E-state index contributed by atoms with van der Waals surface area (Å²) >= 11 is 0. The molecule has 0 radical (unpaired) electrons. The first kappa shape index (κ1) is 20.2. The van der Waals surface area contributed by atoms with Crippen molar-refractivity contribution >= 4 is 28.4 Å². The van der Waals surface area contributed by atoms with Crippen molar-refractivity contribution in [3.05, 3.63) is 58.5 Å². The molecule has 9 nitrogen and oxygen atoms in total. The zero-order valence-corrected chi connectivity index (χ0v) is 18.5. The predicted octanol–water partition coefficient (Wildman–Crippen LogP) is 0.876. The Hall–Kier alpha value is -3.46. The number of carbonyl (C=O) groups is 2. The maximum Gasteiger partial charge on any atom is 0.350 e. The largest absolute Gasteiger partial charge is 0.360 e. The van der Waals surface area contributed by atoms with Crippen LogP contribution in [0.25, 0.3) is 16.6 Å². The molecule has 9 heteroatoms. The number of nitrogens with one attached hydrogen (secondary N) is 1. The number of para-hydroxylation sites is 1. The first-order valence-corrected chi connectivity index (χ1v) is 11.3. The first-order valence-electron chi connectivity index (χ1n) is 11.3. The summed E-state index contributed by atoms with van der Waals surface area (Å²) in [5.74, 6) is -1.29. The van der Waals surface area contributed by atoms with Gasteiger partial charge >= 0.3 is 5.69 Å². The van der Waals surface area contributed by atoms with Crippen molar-refractivity contribution in [2.24, 2.45) is 11.8 Å². The number of fused-ring (bicyclic) bond motifs is 4. The van der Waals surface area contributed by atoms with Gasteiger partial charge in [0.15, 0.2) is 5.65 Å². The molecule has 2 fully saturated rings. The summed E-state index contributed by atoms with van der Waals surface area (Å²) in [4.78, 5) is 40.8. The van der Waals surface area contributed by atoms with Crippen LogP contribution >= 0.6 is 0 Å². The third kappa shape index (κ3) is 2.75. The summed E-state index contributed by atoms with van der Waals surface area (Å²) < 4.78 is 9.09. The van der Waals surface area contributed by atoms with Crippen LogP contribution in [0.4, 0.5) is 0 Å². The Labute approximate surface area is 189 Å². The fourth-order valence-electron chi connectivity index (χ4n) is 5.69. The van der Waals surface area contributed by atoms with E-state index in [1.807, 2.05) is 56.3 Å². The van der Waals surface area contributed by atoms with Crippen molar-refractivity contribution in [3.63, 3.8) is 0 Å². The monoisotopic (exact) mass is 447 g/mol. The van der Waals surface area contributed by atoms with Gasteiger partial charge in [-0.15, -0.1) is 5.10 Å². The smallest absolute Gasteiger partial charge is 0.350 e. The lowest BCUT2D eigenvalue weighted by Crippen LogP contribution is -2.45. The summed E-state index contributed by atoms with van der Waals surface area (Å²) in [6.07, 6.45) is 3.46. The third-order valence-corrected chi connectivity index (χ3v) is 7.23. The van der Waals surface area contributed by atoms with Crippen LogP contribution in [0.3, 0.4) is 0 Å². The van der Waals surface area contributed by atoms with Crippen molar-refractivity contribution in [1.82, 2.24) is 24.4 Å². The zero-order valence-electron chi connectivity index (χ0n) is 18.5. The number of likely N-dealkylation sites (N-methyl/N-ethyl adjacent to an activating group) is 1. The zero-order chi connectivity index (χ0) is 22.9. The van der Waals surface area contributed by atoms with Crippen molar-refractivity contribution < 1.29 is 14.3 Å². The highest BCUT2D eigenvalue weighted by molar-refractivity contribution is 5.93. The molecule has 3 aliphatic rings. The summed E-state index contributed by atoms with van der Waals surface area (Å²) in [7, 11) is 0. The molecule has 0 saturated carbocycles. The van der Waals surface area contributed by atoms with Crippen molar-refractivity contribution in [1.29, 1.82) is 0 Å². The van der Waals surface area contributed by atoms with Gasteiger partial charge in [-0.25, -0.2) is 13.9 Å². The molecule has 3 aliphatic heterocycles. The van der Waals surface area contributed by atoms with Crippen LogP contribution in [0.2, 0.25) is 0 Å². The van der Waals surface area contributed by atoms with Gasteiger partial charge in [0.1, 0.15) is 5.60 Å². The van der Waals surface area contributed by atoms with E-state index < -0.39 is 17.4 Å². The number of aromatic nitrogens is 3. The van der Waals surface area contributed by atoms with E-state index in [2.05, 4.69) is 10.4 Å². The molecule has 1 aromatic carbocycles. The van der Waals surface area contributed by atoms with Crippen LogP contribution < -0.4 is 11.0 Å². The molecule has 6 rings (SSSR count). The summed E-state index contributed by atoms with van der Waals surface area (Å²) in [6, 6.07) is 9.71. The van der Waals surface area contributed by atoms with Crippen LogP contribution in [0, 0.1) is 18.8 Å². The number of nitrogens with zero attached hydrogens (tertiary/aromatic N) is 4. The predicted molar refractivity (Wildman–Crippen MR) is 121 cm³/mol. The van der Waals surface area contributed by atoms with E-state index in [0.717, 1.165) is 16.5 Å². The fourth-order valence-corrected chi connectivity index (χ4v) is 5.69. The Morgan fingerprint density at radius 1 is 1.30 bits per heavy atom. The minimum absolute atomic E-state index is 0.0246. The number of benzene rings is 1. The number of hydrogen-bond acceptors (Lipinski definition) is 5. The second-order valence-corrected chi connectivity index (χ2v) is 9.09. The quantitative estimate of drug-likeness (QED) is 0.586. The first-order chi connectivity index (χ1) is 15.9. The van der Waals surface area contributed by atoms with Gasteiger partial charge in [-0.1, -0.05) is 30.4 Å². The standard InChI is InChI=1S/C24H25N5O4/c1-3-27-13-24-9-8-17(33-24)18(19(24)22(27)31)21(30)25-10-11-28-23(32)29-16-7-5-4-6-15(16)12-14(2)20(29)26-28/h4-9,12,17-19H,3,10-11,13H2,1-2H3,(H,25,30). The molecule has 2 aromatic heterocycles.